The van der Waals surface area contributed by atoms with E-state index in [-0.39, 0.29) is 18.5 Å². The van der Waals surface area contributed by atoms with Crippen LogP contribution in [0.5, 0.6) is 0 Å². The van der Waals surface area contributed by atoms with Gasteiger partial charge in [0.1, 0.15) is 0 Å². The van der Waals surface area contributed by atoms with Gasteiger partial charge in [-0.2, -0.15) is 0 Å². The van der Waals surface area contributed by atoms with E-state index in [1.807, 2.05) is 6.08 Å². The summed E-state index contributed by atoms with van der Waals surface area (Å²) in [7, 11) is 0. The Bertz CT molecular complexity index is 988. The molecule has 0 aliphatic carbocycles. The second kappa shape index (κ2) is 47.5. The summed E-state index contributed by atoms with van der Waals surface area (Å²) in [6.45, 7) is 4.77. The fourth-order valence-corrected chi connectivity index (χ4v) is 7.18. The maximum absolute atomic E-state index is 12.4. The highest BCUT2D eigenvalue weighted by atomic mass is 16.5. The molecule has 0 aliphatic heterocycles. The third-order valence-corrected chi connectivity index (χ3v) is 11.1. The van der Waals surface area contributed by atoms with Gasteiger partial charge in [0.2, 0.25) is 5.91 Å². The number of hydrogen-bond acceptors (Lipinski definition) is 5. The van der Waals surface area contributed by atoms with Crippen molar-refractivity contribution >= 4 is 11.9 Å². The summed E-state index contributed by atoms with van der Waals surface area (Å²) in [5.74, 6) is -0.138. The lowest BCUT2D eigenvalue weighted by Gasteiger charge is -2.20. The van der Waals surface area contributed by atoms with E-state index in [2.05, 4.69) is 55.6 Å². The second-order valence-corrected chi connectivity index (χ2v) is 16.8. The molecule has 0 radical (unpaired) electrons. The molecule has 6 heteroatoms. The van der Waals surface area contributed by atoms with Gasteiger partial charge in [-0.3, -0.25) is 9.59 Å². The van der Waals surface area contributed by atoms with E-state index in [0.717, 1.165) is 89.9 Å². The number of ether oxygens (including phenoxy) is 1. The molecule has 0 rings (SSSR count). The first-order chi connectivity index (χ1) is 28.5. The maximum Gasteiger partial charge on any atom is 0.305 e. The number of unbranched alkanes of at least 4 members (excludes halogenated alkanes) is 28. The molecule has 1 amide bonds. The summed E-state index contributed by atoms with van der Waals surface area (Å²) >= 11 is 0. The number of amides is 1. The van der Waals surface area contributed by atoms with Crippen LogP contribution in [-0.4, -0.2) is 47.4 Å². The molecule has 3 N–H and O–H groups in total. The number of esters is 1. The summed E-state index contributed by atoms with van der Waals surface area (Å²) in [6.07, 6.45) is 58.2. The molecule has 2 unspecified atom stereocenters. The van der Waals surface area contributed by atoms with Crippen LogP contribution in [0.1, 0.15) is 245 Å². The Balaban J connectivity index is 3.53. The molecule has 0 spiro atoms. The number of allylic oxidation sites excluding steroid dienone is 7. The van der Waals surface area contributed by atoms with Crippen molar-refractivity contribution in [2.45, 2.75) is 257 Å². The van der Waals surface area contributed by atoms with E-state index in [4.69, 9.17) is 4.74 Å². The predicted octanol–water partition coefficient (Wildman–Crippen LogP) is 14.7. The Hall–Kier alpha value is -2.18. The van der Waals surface area contributed by atoms with Crippen molar-refractivity contribution in [2.24, 2.45) is 0 Å². The first-order valence-corrected chi connectivity index (χ1v) is 24.9. The van der Waals surface area contributed by atoms with Crippen LogP contribution in [0.2, 0.25) is 0 Å². The summed E-state index contributed by atoms with van der Waals surface area (Å²) in [4.78, 5) is 24.4. The Morgan fingerprint density at radius 1 is 0.483 bits per heavy atom. The number of carbonyl (C=O) groups excluding carboxylic acids is 2. The quantitative estimate of drug-likeness (QED) is 0.0323. The summed E-state index contributed by atoms with van der Waals surface area (Å²) in [6, 6.07) is -0.648. The molecule has 58 heavy (non-hydrogen) atoms. The van der Waals surface area contributed by atoms with Gasteiger partial charge in [0.05, 0.1) is 25.4 Å². The lowest BCUT2D eigenvalue weighted by atomic mass is 10.1. The number of carbonyl (C=O) groups is 2. The average molecular weight is 814 g/mol. The number of hydrogen-bond donors (Lipinski definition) is 3. The van der Waals surface area contributed by atoms with E-state index < -0.39 is 12.1 Å². The van der Waals surface area contributed by atoms with Crippen molar-refractivity contribution in [3.63, 3.8) is 0 Å². The first-order valence-electron chi connectivity index (χ1n) is 24.9. The standard InChI is InChI=1S/C52H95NO5/c1-3-5-7-9-11-13-15-16-17-18-19-20-21-22-26-30-34-38-42-46-52(57)58-47-43-39-35-31-27-23-25-29-33-37-41-45-51(56)53-49(48-54)50(55)44-40-36-32-28-24-14-12-10-8-6-4-2/h11,13,16-17,27,31,40,44,49-50,54-55H,3-10,12,14-15,18-26,28-30,32-39,41-43,45-48H2,1-2H3,(H,53,56)/b13-11-,17-16-,31-27-,44-40+. The highest BCUT2D eigenvalue weighted by Gasteiger charge is 2.18. The van der Waals surface area contributed by atoms with Crippen molar-refractivity contribution in [3.05, 3.63) is 48.6 Å². The van der Waals surface area contributed by atoms with Gasteiger partial charge in [-0.25, -0.2) is 0 Å². The molecular weight excluding hydrogens is 719 g/mol. The zero-order valence-electron chi connectivity index (χ0n) is 38.3. The second-order valence-electron chi connectivity index (χ2n) is 16.8. The number of rotatable bonds is 45. The molecule has 0 bridgehead atoms. The highest BCUT2D eigenvalue weighted by molar-refractivity contribution is 5.76. The van der Waals surface area contributed by atoms with Gasteiger partial charge < -0.3 is 20.3 Å². The van der Waals surface area contributed by atoms with Crippen molar-refractivity contribution < 1.29 is 24.5 Å². The van der Waals surface area contributed by atoms with E-state index in [9.17, 15) is 19.8 Å². The van der Waals surface area contributed by atoms with Gasteiger partial charge in [-0.05, 0) is 89.9 Å². The van der Waals surface area contributed by atoms with Crippen LogP contribution in [-0.2, 0) is 14.3 Å². The van der Waals surface area contributed by atoms with E-state index in [1.54, 1.807) is 6.08 Å². The largest absolute Gasteiger partial charge is 0.466 e. The molecule has 0 aliphatic rings. The normalized spacial score (nSPS) is 13.1. The summed E-state index contributed by atoms with van der Waals surface area (Å²) in [5.41, 5.74) is 0. The van der Waals surface area contributed by atoms with Crippen molar-refractivity contribution in [3.8, 4) is 0 Å². The fourth-order valence-electron chi connectivity index (χ4n) is 7.18. The molecule has 6 nitrogen and oxygen atoms in total. The molecule has 0 aromatic heterocycles. The van der Waals surface area contributed by atoms with Crippen LogP contribution in [0.15, 0.2) is 48.6 Å². The van der Waals surface area contributed by atoms with Crippen molar-refractivity contribution in [2.75, 3.05) is 13.2 Å². The number of aliphatic hydroxyl groups is 2. The zero-order valence-corrected chi connectivity index (χ0v) is 38.3. The Labute approximate surface area is 359 Å². The Morgan fingerprint density at radius 2 is 0.862 bits per heavy atom. The fraction of sp³-hybridized carbons (Fsp3) is 0.808. The van der Waals surface area contributed by atoms with E-state index in [1.165, 1.54) is 128 Å². The lowest BCUT2D eigenvalue weighted by molar-refractivity contribution is -0.143. The smallest absolute Gasteiger partial charge is 0.305 e. The number of nitrogens with one attached hydrogen (secondary N) is 1. The first kappa shape index (κ1) is 55.8. The molecule has 0 saturated heterocycles. The Morgan fingerprint density at radius 3 is 1.36 bits per heavy atom. The van der Waals surface area contributed by atoms with Crippen LogP contribution >= 0.6 is 0 Å². The van der Waals surface area contributed by atoms with Gasteiger partial charge in [0, 0.05) is 12.8 Å². The average Bonchev–Trinajstić information content (AvgIpc) is 3.22. The van der Waals surface area contributed by atoms with Crippen LogP contribution in [0.25, 0.3) is 0 Å². The van der Waals surface area contributed by atoms with E-state index in [0.29, 0.717) is 19.4 Å². The molecule has 0 heterocycles. The number of aliphatic hydroxyl groups excluding tert-OH is 2. The van der Waals surface area contributed by atoms with Crippen molar-refractivity contribution in [1.29, 1.82) is 0 Å². The molecular formula is C52H95NO5. The SMILES string of the molecule is CCCCC/C=C\C/C=C\CCCCCCCCCCCC(=O)OCCCC/C=C\CCCCCCCC(=O)NC(CO)C(O)/C=C/CCCCCCCCCCC. The molecule has 338 valence electrons. The maximum atomic E-state index is 12.4. The topological polar surface area (TPSA) is 95.9 Å². The molecule has 0 aromatic carbocycles. The third kappa shape index (κ3) is 43.4. The molecule has 0 saturated carbocycles. The van der Waals surface area contributed by atoms with Crippen LogP contribution < -0.4 is 5.32 Å². The van der Waals surface area contributed by atoms with Gasteiger partial charge in [-0.1, -0.05) is 191 Å². The van der Waals surface area contributed by atoms with Crippen LogP contribution in [0, 0.1) is 0 Å². The van der Waals surface area contributed by atoms with Crippen LogP contribution in [0.4, 0.5) is 0 Å². The predicted molar refractivity (Wildman–Crippen MR) is 250 cm³/mol. The molecule has 0 fully saturated rings. The van der Waals surface area contributed by atoms with Gasteiger partial charge in [0.15, 0.2) is 0 Å². The van der Waals surface area contributed by atoms with Gasteiger partial charge in [-0.15, -0.1) is 0 Å². The monoisotopic (exact) mass is 814 g/mol. The summed E-state index contributed by atoms with van der Waals surface area (Å²) in [5, 5.41) is 22.9. The van der Waals surface area contributed by atoms with Gasteiger partial charge in [0.25, 0.3) is 0 Å². The van der Waals surface area contributed by atoms with Crippen LogP contribution in [0.3, 0.4) is 0 Å². The highest BCUT2D eigenvalue weighted by Crippen LogP contribution is 2.14. The minimum atomic E-state index is -0.862. The minimum absolute atomic E-state index is 0.0381. The minimum Gasteiger partial charge on any atom is -0.466 e. The van der Waals surface area contributed by atoms with Gasteiger partial charge >= 0.3 is 5.97 Å². The summed E-state index contributed by atoms with van der Waals surface area (Å²) < 4.78 is 5.44. The third-order valence-electron chi connectivity index (χ3n) is 11.1. The lowest BCUT2D eigenvalue weighted by Crippen LogP contribution is -2.45. The Kier molecular flexibility index (Phi) is 45.7. The molecule has 2 atom stereocenters. The molecule has 0 aromatic rings. The zero-order chi connectivity index (χ0) is 42.3. The van der Waals surface area contributed by atoms with E-state index >= 15 is 0 Å². The van der Waals surface area contributed by atoms with Crippen molar-refractivity contribution in [1.82, 2.24) is 5.32 Å².